The molecular formula is C14H15NO2. The number of carbonyl (C=O) groups is 1. The van der Waals surface area contributed by atoms with Crippen molar-refractivity contribution in [1.82, 2.24) is 5.16 Å². The van der Waals surface area contributed by atoms with Crippen LogP contribution in [0.1, 0.15) is 37.4 Å². The Balaban J connectivity index is 2.12. The maximum atomic E-state index is 12.0. The molecule has 1 heterocycles. The average Bonchev–Trinajstić information content (AvgIpc) is 3.09. The summed E-state index contributed by atoms with van der Waals surface area (Å²) in [5.74, 6) is 0.353. The second-order valence-electron chi connectivity index (χ2n) is 4.84. The molecule has 0 aliphatic heterocycles. The quantitative estimate of drug-likeness (QED) is 0.812. The smallest absolute Gasteiger partial charge is 0.167 e. The molecule has 1 aliphatic rings. The first kappa shape index (κ1) is 10.5. The number of aryl methyl sites for hydroxylation is 1. The third-order valence-electron chi connectivity index (χ3n) is 3.81. The fourth-order valence-corrected chi connectivity index (χ4v) is 2.55. The third kappa shape index (κ3) is 1.42. The van der Waals surface area contributed by atoms with Crippen LogP contribution in [0.15, 0.2) is 22.7 Å². The summed E-state index contributed by atoms with van der Waals surface area (Å²) in [6.45, 7) is 3.86. The lowest BCUT2D eigenvalue weighted by Crippen LogP contribution is -2.19. The van der Waals surface area contributed by atoms with Crippen molar-refractivity contribution in [3.63, 3.8) is 0 Å². The standard InChI is InChI=1S/C14H15NO2/c1-3-13(16)14(6-7-14)10-4-5-12-11(8-10)9(2)15-17-12/h4-5,8H,3,6-7H2,1-2H3. The van der Waals surface area contributed by atoms with Gasteiger partial charge in [0.15, 0.2) is 5.58 Å². The van der Waals surface area contributed by atoms with Crippen molar-refractivity contribution in [3.8, 4) is 0 Å². The van der Waals surface area contributed by atoms with E-state index in [0.717, 1.165) is 35.1 Å². The van der Waals surface area contributed by atoms with Crippen molar-refractivity contribution in [3.05, 3.63) is 29.5 Å². The molecule has 0 atom stereocenters. The summed E-state index contributed by atoms with van der Waals surface area (Å²) < 4.78 is 5.19. The molecule has 3 nitrogen and oxygen atoms in total. The Kier molecular flexibility index (Phi) is 2.12. The number of hydrogen-bond donors (Lipinski definition) is 0. The summed E-state index contributed by atoms with van der Waals surface area (Å²) in [6, 6.07) is 6.00. The van der Waals surface area contributed by atoms with Crippen LogP contribution in [0.2, 0.25) is 0 Å². The zero-order chi connectivity index (χ0) is 12.0. The highest BCUT2D eigenvalue weighted by molar-refractivity contribution is 5.94. The van der Waals surface area contributed by atoms with E-state index >= 15 is 0 Å². The average molecular weight is 229 g/mol. The molecule has 0 saturated heterocycles. The van der Waals surface area contributed by atoms with E-state index in [2.05, 4.69) is 11.2 Å². The van der Waals surface area contributed by atoms with Crippen LogP contribution in [0, 0.1) is 6.92 Å². The summed E-state index contributed by atoms with van der Waals surface area (Å²) in [5, 5.41) is 4.97. The van der Waals surface area contributed by atoms with Gasteiger partial charge in [-0.1, -0.05) is 18.1 Å². The largest absolute Gasteiger partial charge is 0.356 e. The van der Waals surface area contributed by atoms with Crippen molar-refractivity contribution in [1.29, 1.82) is 0 Å². The first-order chi connectivity index (χ1) is 8.17. The van der Waals surface area contributed by atoms with Gasteiger partial charge >= 0.3 is 0 Å². The molecule has 0 spiro atoms. The lowest BCUT2D eigenvalue weighted by molar-refractivity contribution is -0.121. The van der Waals surface area contributed by atoms with Gasteiger partial charge in [-0.15, -0.1) is 0 Å². The molecule has 2 aromatic rings. The van der Waals surface area contributed by atoms with Crippen LogP contribution in [0.5, 0.6) is 0 Å². The Bertz CT molecular complexity index is 593. The van der Waals surface area contributed by atoms with E-state index in [4.69, 9.17) is 4.52 Å². The molecule has 1 aliphatic carbocycles. The summed E-state index contributed by atoms with van der Waals surface area (Å²) in [6.07, 6.45) is 2.58. The fraction of sp³-hybridized carbons (Fsp3) is 0.429. The maximum Gasteiger partial charge on any atom is 0.167 e. The minimum absolute atomic E-state index is 0.202. The van der Waals surface area contributed by atoms with E-state index < -0.39 is 0 Å². The van der Waals surface area contributed by atoms with Crippen LogP contribution in [-0.2, 0) is 10.2 Å². The molecule has 1 saturated carbocycles. The Morgan fingerprint density at radius 3 is 2.88 bits per heavy atom. The van der Waals surface area contributed by atoms with Gasteiger partial charge in [-0.25, -0.2) is 0 Å². The third-order valence-corrected chi connectivity index (χ3v) is 3.81. The molecule has 0 bridgehead atoms. The van der Waals surface area contributed by atoms with Gasteiger partial charge in [0, 0.05) is 11.8 Å². The summed E-state index contributed by atoms with van der Waals surface area (Å²) in [7, 11) is 0. The van der Waals surface area contributed by atoms with Crippen molar-refractivity contribution >= 4 is 16.8 Å². The minimum Gasteiger partial charge on any atom is -0.356 e. The van der Waals surface area contributed by atoms with Crippen molar-refractivity contribution in [2.24, 2.45) is 0 Å². The molecule has 1 aromatic heterocycles. The molecule has 88 valence electrons. The fourth-order valence-electron chi connectivity index (χ4n) is 2.55. The molecule has 17 heavy (non-hydrogen) atoms. The highest BCUT2D eigenvalue weighted by Crippen LogP contribution is 2.50. The van der Waals surface area contributed by atoms with Gasteiger partial charge in [-0.05, 0) is 37.5 Å². The number of Topliss-reactive ketones (excluding diaryl/α,β-unsaturated/α-hetero) is 1. The van der Waals surface area contributed by atoms with Gasteiger partial charge < -0.3 is 4.52 Å². The topological polar surface area (TPSA) is 43.1 Å². The van der Waals surface area contributed by atoms with Gasteiger partial charge in [0.2, 0.25) is 0 Å². The van der Waals surface area contributed by atoms with Crippen LogP contribution in [0.3, 0.4) is 0 Å². The molecule has 0 N–H and O–H groups in total. The first-order valence-electron chi connectivity index (χ1n) is 6.07. The number of fused-ring (bicyclic) bond motifs is 1. The number of hydrogen-bond acceptors (Lipinski definition) is 3. The predicted octanol–water partition coefficient (Wildman–Crippen LogP) is 3.15. The van der Waals surface area contributed by atoms with Crippen molar-refractivity contribution < 1.29 is 9.32 Å². The Labute approximate surface area is 99.8 Å². The van der Waals surface area contributed by atoms with Gasteiger partial charge in [-0.2, -0.15) is 0 Å². The summed E-state index contributed by atoms with van der Waals surface area (Å²) >= 11 is 0. The molecule has 0 radical (unpaired) electrons. The first-order valence-corrected chi connectivity index (χ1v) is 6.07. The normalized spacial score (nSPS) is 17.3. The van der Waals surface area contributed by atoms with Crippen molar-refractivity contribution in [2.45, 2.75) is 38.5 Å². The highest BCUT2D eigenvalue weighted by atomic mass is 16.5. The minimum atomic E-state index is -0.202. The highest BCUT2D eigenvalue weighted by Gasteiger charge is 2.49. The second kappa shape index (κ2) is 3.42. The van der Waals surface area contributed by atoms with Crippen LogP contribution in [0.4, 0.5) is 0 Å². The number of rotatable bonds is 3. The van der Waals surface area contributed by atoms with Crippen molar-refractivity contribution in [2.75, 3.05) is 0 Å². The molecule has 1 aromatic carbocycles. The van der Waals surface area contributed by atoms with Gasteiger partial charge in [0.1, 0.15) is 5.78 Å². The zero-order valence-electron chi connectivity index (χ0n) is 10.1. The SMILES string of the molecule is CCC(=O)C1(c2ccc3onc(C)c3c2)CC1. The number of benzene rings is 1. The van der Waals surface area contributed by atoms with Gasteiger partial charge in [-0.3, -0.25) is 4.79 Å². The number of carbonyl (C=O) groups excluding carboxylic acids is 1. The van der Waals surface area contributed by atoms with E-state index in [9.17, 15) is 4.79 Å². The van der Waals surface area contributed by atoms with E-state index in [1.54, 1.807) is 0 Å². The molecule has 0 unspecified atom stereocenters. The number of nitrogens with zero attached hydrogens (tertiary/aromatic N) is 1. The summed E-state index contributed by atoms with van der Waals surface area (Å²) in [4.78, 5) is 12.0. The van der Waals surface area contributed by atoms with Gasteiger partial charge in [0.25, 0.3) is 0 Å². The maximum absolute atomic E-state index is 12.0. The van der Waals surface area contributed by atoms with Crippen LogP contribution in [-0.4, -0.2) is 10.9 Å². The Morgan fingerprint density at radius 2 is 2.24 bits per heavy atom. The predicted molar refractivity (Wildman–Crippen MR) is 65.0 cm³/mol. The van der Waals surface area contributed by atoms with E-state index in [0.29, 0.717) is 12.2 Å². The van der Waals surface area contributed by atoms with Crippen LogP contribution in [0.25, 0.3) is 11.0 Å². The van der Waals surface area contributed by atoms with Crippen LogP contribution < -0.4 is 0 Å². The zero-order valence-corrected chi connectivity index (χ0v) is 10.1. The lowest BCUT2D eigenvalue weighted by atomic mass is 9.89. The summed E-state index contributed by atoms with van der Waals surface area (Å²) in [5.41, 5.74) is 2.61. The molecule has 0 amide bonds. The van der Waals surface area contributed by atoms with Gasteiger partial charge in [0.05, 0.1) is 11.1 Å². The second-order valence-corrected chi connectivity index (χ2v) is 4.84. The molecular weight excluding hydrogens is 214 g/mol. The van der Waals surface area contributed by atoms with E-state index in [1.165, 1.54) is 0 Å². The van der Waals surface area contributed by atoms with Crippen LogP contribution >= 0.6 is 0 Å². The Hall–Kier alpha value is -1.64. The van der Waals surface area contributed by atoms with E-state index in [-0.39, 0.29) is 5.41 Å². The van der Waals surface area contributed by atoms with E-state index in [1.807, 2.05) is 26.0 Å². The molecule has 3 heteroatoms. The Morgan fingerprint density at radius 1 is 1.47 bits per heavy atom. The lowest BCUT2D eigenvalue weighted by Gasteiger charge is -2.13. The number of ketones is 1. The monoisotopic (exact) mass is 229 g/mol. The number of aromatic nitrogens is 1. The molecule has 1 fully saturated rings. The molecule has 3 rings (SSSR count).